The van der Waals surface area contributed by atoms with E-state index in [9.17, 15) is 40.2 Å². The first-order valence-electron chi connectivity index (χ1n) is 30.0. The Morgan fingerprint density at radius 2 is 0.955 bits per heavy atom. The molecule has 2 saturated heterocycles. The van der Waals surface area contributed by atoms with E-state index in [-0.39, 0.29) is 37.6 Å². The zero-order valence-corrected chi connectivity index (χ0v) is 59.6. The van der Waals surface area contributed by atoms with E-state index in [0.29, 0.717) is 32.3 Å². The number of carbonyl (C=O) groups is 1. The van der Waals surface area contributed by atoms with Crippen LogP contribution in [0.5, 0.6) is 0 Å². The number of aliphatic hydroxyl groups is 7. The molecule has 0 aromatic heterocycles. The molecule has 0 bridgehead atoms. The standard InChI is InChI=1S/C31H49NO10Si2.C22H40O9Si2.C9H9NO/c1-19(2)40-44(42-43,41-20(3)4)13-7-8-23-9-11-24(12-10-23)17-37-29-27(34)30(35)39-28(29)26(33)18-38-31(36)32-25-15-21(5)14-22(6)16-25;1-14(2)29-33(31-32,30-15(3)4)11-5-6-16-7-9-17(10-8-16)13-27-21-19(25)22(26)28-20(21)18(24)12-23;1-7-3-8(2)5-9(4-7)10-6-11/h9-12,14-16,19-20,26-30,33-35H,7-8,13,17-18H2,1-6,43H3,(H,32,36);7-10,14-15,18-26H,5-6,11-13H2,1-4,32H3;3-5H,1-2H3/t26?,27-,28-,29-,30+;18?,19-,20-,21-,22+;/m11./s1. The average molecular weight is 1300 g/mol. The average Bonchev–Trinajstić information content (AvgIpc) is 4.15. The summed E-state index contributed by atoms with van der Waals surface area (Å²) in [6.45, 7) is 23.0. The second kappa shape index (κ2) is 37.9. The highest BCUT2D eigenvalue weighted by atomic mass is 28.4. The molecule has 0 radical (unpaired) electrons. The molecule has 10 atom stereocenters. The summed E-state index contributed by atoms with van der Waals surface area (Å²) in [5, 5.41) is 72.7. The van der Waals surface area contributed by atoms with Gasteiger partial charge in [0.25, 0.3) is 0 Å². The SMILES string of the molecule is CC(C)O[Si](CCCc1ccc(CO[C@@H]2[C@@H](O)[C@@H](O)O[C@@H]2C(O)CO)cc1)(O[SiH3])OC(C)C.Cc1cc(C)cc(N=C=O)c1.Cc1cc(C)cc(NC(=O)OCC(O)[C@H]2O[C@H](O)[C@H](O)[C@H]2OCc2ccc(CCC[Si](O[SiH3])(OC(C)C)OC(C)C)cc2)c1. The van der Waals surface area contributed by atoms with Crippen molar-refractivity contribution in [2.45, 2.75) is 220 Å². The van der Waals surface area contributed by atoms with Crippen LogP contribution in [-0.4, -0.2) is 186 Å². The summed E-state index contributed by atoms with van der Waals surface area (Å²) >= 11 is 0. The lowest BCUT2D eigenvalue weighted by Crippen LogP contribution is -2.48. The monoisotopic (exact) mass is 1300 g/mol. The second-order valence-corrected chi connectivity index (χ2v) is 31.2. The minimum atomic E-state index is -2.72. The Labute approximate surface area is 527 Å². The number of carbonyl (C=O) groups excluding carboxylic acids is 2. The van der Waals surface area contributed by atoms with Crippen LogP contribution in [-0.2, 0) is 80.5 Å². The Bertz CT molecular complexity index is 2660. The normalized spacial score (nSPS) is 21.0. The van der Waals surface area contributed by atoms with E-state index in [1.165, 1.54) is 6.08 Å². The predicted molar refractivity (Wildman–Crippen MR) is 342 cm³/mol. The molecule has 88 heavy (non-hydrogen) atoms. The molecular formula is C62H98N2O20Si4. The summed E-state index contributed by atoms with van der Waals surface area (Å²) in [7, 11) is -4.27. The van der Waals surface area contributed by atoms with Gasteiger partial charge in [0.2, 0.25) is 6.08 Å². The second-order valence-electron chi connectivity index (χ2n) is 23.3. The number of aryl methyl sites for hydroxylation is 6. The summed E-state index contributed by atoms with van der Waals surface area (Å²) in [6, 6.07) is 28.6. The molecule has 4 aromatic rings. The Hall–Kier alpha value is -4.28. The third kappa shape index (κ3) is 25.8. The maximum atomic E-state index is 12.3. The summed E-state index contributed by atoms with van der Waals surface area (Å²) < 4.78 is 63.6. The first-order chi connectivity index (χ1) is 41.6. The van der Waals surface area contributed by atoms with Crippen molar-refractivity contribution in [3.63, 3.8) is 0 Å². The Morgan fingerprint density at radius 1 is 0.591 bits per heavy atom. The van der Waals surface area contributed by atoms with Gasteiger partial charge in [0, 0.05) is 42.2 Å². The minimum absolute atomic E-state index is 0.0275. The molecule has 492 valence electrons. The van der Waals surface area contributed by atoms with Crippen molar-refractivity contribution < 1.29 is 95.0 Å². The van der Waals surface area contributed by atoms with Crippen LogP contribution in [0.25, 0.3) is 0 Å². The summed E-state index contributed by atoms with van der Waals surface area (Å²) in [5.41, 5.74) is 9.47. The number of hydrogen-bond donors (Lipinski definition) is 8. The third-order valence-corrected chi connectivity index (χ3v) is 24.0. The Balaban J connectivity index is 0.000000329. The number of rotatable bonds is 31. The molecule has 4 aromatic carbocycles. The van der Waals surface area contributed by atoms with Crippen LogP contribution in [0.2, 0.25) is 12.1 Å². The molecule has 6 rings (SSSR count). The van der Waals surface area contributed by atoms with Crippen molar-refractivity contribution in [3.8, 4) is 0 Å². The number of nitrogens with zero attached hydrogens (tertiary/aromatic N) is 1. The van der Waals surface area contributed by atoms with E-state index >= 15 is 0 Å². The molecule has 2 heterocycles. The highest BCUT2D eigenvalue weighted by Gasteiger charge is 2.49. The van der Waals surface area contributed by atoms with Crippen LogP contribution >= 0.6 is 0 Å². The van der Waals surface area contributed by atoms with Crippen molar-refractivity contribution in [1.82, 2.24) is 0 Å². The molecular weight excluding hydrogens is 1210 g/mol. The van der Waals surface area contributed by atoms with Crippen molar-refractivity contribution >= 4 is 62.1 Å². The molecule has 2 aliphatic rings. The lowest BCUT2D eigenvalue weighted by atomic mass is 10.1. The number of nitrogens with one attached hydrogen (secondary N) is 1. The molecule has 2 fully saturated rings. The van der Waals surface area contributed by atoms with Gasteiger partial charge in [-0.05, 0) is 178 Å². The zero-order valence-electron chi connectivity index (χ0n) is 53.6. The largest absolute Gasteiger partial charge is 0.490 e. The number of isocyanates is 1. The summed E-state index contributed by atoms with van der Waals surface area (Å²) in [5.74, 6) is 0. The number of anilines is 1. The van der Waals surface area contributed by atoms with E-state index in [1.807, 2.05) is 156 Å². The van der Waals surface area contributed by atoms with Crippen molar-refractivity contribution in [3.05, 3.63) is 129 Å². The van der Waals surface area contributed by atoms with E-state index in [1.54, 1.807) is 12.1 Å². The fraction of sp³-hybridized carbons (Fsp3) is 0.581. The van der Waals surface area contributed by atoms with E-state index in [2.05, 4.69) is 10.3 Å². The molecule has 1 amide bonds. The first kappa shape index (κ1) is 76.2. The van der Waals surface area contributed by atoms with Crippen LogP contribution in [0.3, 0.4) is 0 Å². The number of benzene rings is 4. The van der Waals surface area contributed by atoms with Gasteiger partial charge in [-0.3, -0.25) is 5.32 Å². The molecule has 0 saturated carbocycles. The van der Waals surface area contributed by atoms with Crippen molar-refractivity contribution in [2.75, 3.05) is 18.5 Å². The van der Waals surface area contributed by atoms with Gasteiger partial charge in [-0.25, -0.2) is 9.59 Å². The molecule has 0 aliphatic carbocycles. The van der Waals surface area contributed by atoms with Gasteiger partial charge in [-0.2, -0.15) is 4.99 Å². The fourth-order valence-corrected chi connectivity index (χ4v) is 18.0. The Kier molecular flexibility index (Phi) is 32.8. The van der Waals surface area contributed by atoms with Crippen LogP contribution in [0.1, 0.15) is 113 Å². The van der Waals surface area contributed by atoms with Crippen LogP contribution in [0.15, 0.2) is 89.9 Å². The van der Waals surface area contributed by atoms with Gasteiger partial charge in [-0.15, -0.1) is 0 Å². The lowest BCUT2D eigenvalue weighted by molar-refractivity contribution is -0.151. The van der Waals surface area contributed by atoms with Gasteiger partial charge in [-0.1, -0.05) is 60.7 Å². The number of hydrogen-bond acceptors (Lipinski definition) is 21. The first-order valence-corrected chi connectivity index (χ1v) is 35.5. The fourth-order valence-electron chi connectivity index (χ4n) is 10.1. The number of ether oxygens (including phenoxy) is 5. The molecule has 2 unspecified atom stereocenters. The highest BCUT2D eigenvalue weighted by Crippen LogP contribution is 2.30. The molecule has 2 aliphatic heterocycles. The van der Waals surface area contributed by atoms with Crippen molar-refractivity contribution in [1.29, 1.82) is 0 Å². The molecule has 26 heteroatoms. The van der Waals surface area contributed by atoms with Gasteiger partial charge in [0.1, 0.15) is 76.4 Å². The van der Waals surface area contributed by atoms with Gasteiger partial charge >= 0.3 is 23.7 Å². The van der Waals surface area contributed by atoms with Crippen LogP contribution < -0.4 is 5.32 Å². The number of aliphatic hydroxyl groups excluding tert-OH is 7. The summed E-state index contributed by atoms with van der Waals surface area (Å²) in [4.78, 5) is 25.7. The minimum Gasteiger partial charge on any atom is -0.446 e. The highest BCUT2D eigenvalue weighted by molar-refractivity contribution is 6.64. The topological polar surface area (TPSA) is 302 Å². The van der Waals surface area contributed by atoms with Gasteiger partial charge in [0.05, 0.1) is 25.5 Å². The molecule has 8 N–H and O–H groups in total. The van der Waals surface area contributed by atoms with Crippen LogP contribution in [0, 0.1) is 27.7 Å². The van der Waals surface area contributed by atoms with Crippen LogP contribution in [0.4, 0.5) is 16.2 Å². The van der Waals surface area contributed by atoms with Gasteiger partial charge < -0.3 is 85.4 Å². The predicted octanol–water partition coefficient (Wildman–Crippen LogP) is 5.19. The smallest absolute Gasteiger partial charge is 0.446 e. The lowest BCUT2D eigenvalue weighted by Gasteiger charge is -2.32. The van der Waals surface area contributed by atoms with E-state index in [0.717, 1.165) is 82.3 Å². The number of aliphatic imine (C=N–C) groups is 1. The van der Waals surface area contributed by atoms with E-state index in [4.69, 9.17) is 54.7 Å². The number of amides is 1. The van der Waals surface area contributed by atoms with Crippen molar-refractivity contribution in [2.24, 2.45) is 4.99 Å². The Morgan fingerprint density at radius 3 is 1.31 bits per heavy atom. The quantitative estimate of drug-likeness (QED) is 0.0183. The molecule has 22 nitrogen and oxygen atoms in total. The van der Waals surface area contributed by atoms with E-state index < -0.39 is 98.3 Å². The molecule has 0 spiro atoms. The summed E-state index contributed by atoms with van der Waals surface area (Å²) in [6.07, 6.45) is -8.05. The third-order valence-electron chi connectivity index (χ3n) is 13.8. The maximum Gasteiger partial charge on any atom is 0.490 e. The maximum absolute atomic E-state index is 12.3. The van der Waals surface area contributed by atoms with Gasteiger partial charge in [0.15, 0.2) is 12.6 Å². The zero-order chi connectivity index (χ0) is 65.3.